The van der Waals surface area contributed by atoms with Gasteiger partial charge in [-0.15, -0.1) is 0 Å². The quantitative estimate of drug-likeness (QED) is 0.887. The molecule has 0 heterocycles. The molecule has 4 nitrogen and oxygen atoms in total. The second-order valence-corrected chi connectivity index (χ2v) is 5.31. The predicted octanol–water partition coefficient (Wildman–Crippen LogP) is 3.81. The lowest BCUT2D eigenvalue weighted by Gasteiger charge is -2.14. The van der Waals surface area contributed by atoms with Gasteiger partial charge in [0.25, 0.3) is 5.91 Å². The molecule has 0 saturated carbocycles. The van der Waals surface area contributed by atoms with Crippen LogP contribution in [0.3, 0.4) is 0 Å². The van der Waals surface area contributed by atoms with Gasteiger partial charge < -0.3 is 15.2 Å². The summed E-state index contributed by atoms with van der Waals surface area (Å²) < 4.78 is 18.3. The summed E-state index contributed by atoms with van der Waals surface area (Å²) in [7, 11) is 1.38. The molecule has 7 heteroatoms. The molecule has 2 N–H and O–H groups in total. The zero-order valence-corrected chi connectivity index (χ0v) is 13.0. The summed E-state index contributed by atoms with van der Waals surface area (Å²) in [6.45, 7) is 0. The van der Waals surface area contributed by atoms with Gasteiger partial charge in [0.2, 0.25) is 0 Å². The Balaban J connectivity index is 2.23. The van der Waals surface area contributed by atoms with Crippen molar-refractivity contribution in [1.82, 2.24) is 0 Å². The zero-order chi connectivity index (χ0) is 16.3. The van der Waals surface area contributed by atoms with Gasteiger partial charge in [0.15, 0.2) is 6.10 Å². The molecule has 0 aliphatic carbocycles. The van der Waals surface area contributed by atoms with Gasteiger partial charge in [-0.2, -0.15) is 0 Å². The van der Waals surface area contributed by atoms with Gasteiger partial charge in [0.1, 0.15) is 11.6 Å². The van der Waals surface area contributed by atoms with E-state index in [-0.39, 0.29) is 27.0 Å². The van der Waals surface area contributed by atoms with Crippen LogP contribution in [0.5, 0.6) is 5.75 Å². The maximum atomic E-state index is 13.3. The van der Waals surface area contributed by atoms with E-state index in [2.05, 4.69) is 5.32 Å². The standard InChI is InChI=1S/C15H12Cl2FNO3/c1-22-13-3-2-11(18)7-12(13)19-15(21)14(20)8-4-9(16)6-10(17)5-8/h2-7,14,20H,1H3,(H,19,21). The first-order valence-corrected chi connectivity index (χ1v) is 6.95. The molecule has 0 aromatic heterocycles. The molecule has 116 valence electrons. The van der Waals surface area contributed by atoms with Crippen LogP contribution in [0.4, 0.5) is 10.1 Å². The molecule has 2 aromatic rings. The van der Waals surface area contributed by atoms with Crippen molar-refractivity contribution >= 4 is 34.8 Å². The third kappa shape index (κ3) is 3.88. The van der Waals surface area contributed by atoms with Gasteiger partial charge in [-0.05, 0) is 35.9 Å². The van der Waals surface area contributed by atoms with Gasteiger partial charge in [0, 0.05) is 16.1 Å². The molecular weight excluding hydrogens is 332 g/mol. The number of ether oxygens (including phenoxy) is 1. The highest BCUT2D eigenvalue weighted by Crippen LogP contribution is 2.28. The molecule has 0 saturated heterocycles. The summed E-state index contributed by atoms with van der Waals surface area (Å²) >= 11 is 11.7. The molecule has 0 fully saturated rings. The van der Waals surface area contributed by atoms with Gasteiger partial charge in [-0.25, -0.2) is 4.39 Å². The lowest BCUT2D eigenvalue weighted by molar-refractivity contribution is -0.124. The Hall–Kier alpha value is -1.82. The number of aliphatic hydroxyl groups excluding tert-OH is 1. The summed E-state index contributed by atoms with van der Waals surface area (Å²) in [5.41, 5.74) is 0.338. The number of nitrogens with one attached hydrogen (secondary N) is 1. The van der Waals surface area contributed by atoms with E-state index in [4.69, 9.17) is 27.9 Å². The van der Waals surface area contributed by atoms with Crippen LogP contribution >= 0.6 is 23.2 Å². The smallest absolute Gasteiger partial charge is 0.257 e. The SMILES string of the molecule is COc1ccc(F)cc1NC(=O)C(O)c1cc(Cl)cc(Cl)c1. The van der Waals surface area contributed by atoms with Crippen molar-refractivity contribution in [2.45, 2.75) is 6.10 Å². The minimum Gasteiger partial charge on any atom is -0.495 e. The molecular formula is C15H12Cl2FNO3. The number of amides is 1. The summed E-state index contributed by atoms with van der Waals surface area (Å²) in [5.74, 6) is -1.04. The second-order valence-electron chi connectivity index (χ2n) is 4.44. The molecule has 1 atom stereocenters. The Kier molecular flexibility index (Phi) is 5.24. The van der Waals surface area contributed by atoms with E-state index in [0.29, 0.717) is 0 Å². The fraction of sp³-hybridized carbons (Fsp3) is 0.133. The average Bonchev–Trinajstić information content (AvgIpc) is 2.45. The summed E-state index contributed by atoms with van der Waals surface area (Å²) in [6, 6.07) is 7.97. The molecule has 2 aromatic carbocycles. The molecule has 0 radical (unpaired) electrons. The van der Waals surface area contributed by atoms with E-state index in [1.165, 1.54) is 37.4 Å². The zero-order valence-electron chi connectivity index (χ0n) is 11.4. The first-order chi connectivity index (χ1) is 10.4. The number of halogens is 3. The van der Waals surface area contributed by atoms with Crippen molar-refractivity contribution in [3.63, 3.8) is 0 Å². The van der Waals surface area contributed by atoms with Crippen molar-refractivity contribution in [3.8, 4) is 5.75 Å². The number of anilines is 1. The van der Waals surface area contributed by atoms with Crippen molar-refractivity contribution in [3.05, 3.63) is 57.8 Å². The number of carbonyl (C=O) groups excluding carboxylic acids is 1. The molecule has 1 amide bonds. The van der Waals surface area contributed by atoms with Crippen molar-refractivity contribution in [1.29, 1.82) is 0 Å². The predicted molar refractivity (Wildman–Crippen MR) is 83.0 cm³/mol. The molecule has 0 bridgehead atoms. The number of methoxy groups -OCH3 is 1. The molecule has 0 spiro atoms. The fourth-order valence-electron chi connectivity index (χ4n) is 1.86. The van der Waals surface area contributed by atoms with Gasteiger partial charge in [0.05, 0.1) is 12.8 Å². The van der Waals surface area contributed by atoms with Crippen LogP contribution in [0.15, 0.2) is 36.4 Å². The maximum absolute atomic E-state index is 13.3. The van der Waals surface area contributed by atoms with E-state index >= 15 is 0 Å². The van der Waals surface area contributed by atoms with Crippen LogP contribution in [0.1, 0.15) is 11.7 Å². The first-order valence-electron chi connectivity index (χ1n) is 6.19. The topological polar surface area (TPSA) is 58.6 Å². The van der Waals surface area contributed by atoms with Crippen LogP contribution in [0, 0.1) is 5.82 Å². The Labute approximate surface area is 136 Å². The van der Waals surface area contributed by atoms with E-state index in [1.807, 2.05) is 0 Å². The van der Waals surface area contributed by atoms with Crippen LogP contribution in [-0.4, -0.2) is 18.1 Å². The van der Waals surface area contributed by atoms with Crippen molar-refractivity contribution < 1.29 is 19.0 Å². The summed E-state index contributed by atoms with van der Waals surface area (Å²) in [4.78, 5) is 12.1. The van der Waals surface area contributed by atoms with E-state index in [9.17, 15) is 14.3 Å². The molecule has 0 aliphatic rings. The number of rotatable bonds is 4. The third-order valence-corrected chi connectivity index (χ3v) is 3.30. The minimum absolute atomic E-state index is 0.111. The number of hydrogen-bond donors (Lipinski definition) is 2. The Morgan fingerprint density at radius 3 is 2.45 bits per heavy atom. The van der Waals surface area contributed by atoms with Crippen LogP contribution in [-0.2, 0) is 4.79 Å². The highest BCUT2D eigenvalue weighted by molar-refractivity contribution is 6.34. The molecule has 2 rings (SSSR count). The number of aliphatic hydroxyl groups is 1. The lowest BCUT2D eigenvalue weighted by Crippen LogP contribution is -2.21. The Morgan fingerprint density at radius 1 is 1.23 bits per heavy atom. The number of carbonyl (C=O) groups is 1. The van der Waals surface area contributed by atoms with Crippen LogP contribution in [0.2, 0.25) is 10.0 Å². The second kappa shape index (κ2) is 6.96. The summed E-state index contributed by atoms with van der Waals surface area (Å²) in [6.07, 6.45) is -1.51. The molecule has 0 aliphatic heterocycles. The first kappa shape index (κ1) is 16.5. The highest BCUT2D eigenvalue weighted by Gasteiger charge is 2.20. The molecule has 22 heavy (non-hydrogen) atoms. The van der Waals surface area contributed by atoms with Gasteiger partial charge in [-0.1, -0.05) is 23.2 Å². The van der Waals surface area contributed by atoms with E-state index < -0.39 is 17.8 Å². The number of hydrogen-bond acceptors (Lipinski definition) is 3. The lowest BCUT2D eigenvalue weighted by atomic mass is 10.1. The molecule has 1 unspecified atom stereocenters. The maximum Gasteiger partial charge on any atom is 0.257 e. The van der Waals surface area contributed by atoms with Gasteiger partial charge in [-0.3, -0.25) is 4.79 Å². The Morgan fingerprint density at radius 2 is 1.86 bits per heavy atom. The Bertz CT molecular complexity index is 689. The largest absolute Gasteiger partial charge is 0.495 e. The third-order valence-electron chi connectivity index (χ3n) is 2.87. The van der Waals surface area contributed by atoms with E-state index in [0.717, 1.165) is 6.07 Å². The van der Waals surface area contributed by atoms with Crippen molar-refractivity contribution in [2.75, 3.05) is 12.4 Å². The van der Waals surface area contributed by atoms with Gasteiger partial charge >= 0.3 is 0 Å². The number of benzene rings is 2. The normalized spacial score (nSPS) is 11.9. The summed E-state index contributed by atoms with van der Waals surface area (Å²) in [5, 5.41) is 13.0. The minimum atomic E-state index is -1.51. The average molecular weight is 344 g/mol. The monoisotopic (exact) mass is 343 g/mol. The van der Waals surface area contributed by atoms with E-state index in [1.54, 1.807) is 0 Å². The van der Waals surface area contributed by atoms with Crippen molar-refractivity contribution in [2.24, 2.45) is 0 Å². The fourth-order valence-corrected chi connectivity index (χ4v) is 2.41. The highest BCUT2D eigenvalue weighted by atomic mass is 35.5. The van der Waals surface area contributed by atoms with Crippen LogP contribution < -0.4 is 10.1 Å². The van der Waals surface area contributed by atoms with Crippen LogP contribution in [0.25, 0.3) is 0 Å².